The van der Waals surface area contributed by atoms with Crippen LogP contribution >= 0.6 is 46.7 Å². The number of rotatable bonds is 0. The van der Waals surface area contributed by atoms with E-state index in [9.17, 15) is 0 Å². The zero-order valence-electron chi connectivity index (χ0n) is 9.93. The molecule has 1 aromatic heterocycles. The first-order valence-electron chi connectivity index (χ1n) is 5.82. The van der Waals surface area contributed by atoms with E-state index >= 15 is 0 Å². The molecule has 0 aliphatic carbocycles. The van der Waals surface area contributed by atoms with Gasteiger partial charge in [0.15, 0.2) is 10.3 Å². The molecule has 6 heteroatoms. The molecule has 0 bridgehead atoms. The Labute approximate surface area is 133 Å². The van der Waals surface area contributed by atoms with Gasteiger partial charge in [0.25, 0.3) is 0 Å². The van der Waals surface area contributed by atoms with Gasteiger partial charge in [0.1, 0.15) is 0 Å². The van der Waals surface area contributed by atoms with Gasteiger partial charge in [-0.2, -0.15) is 0 Å². The summed E-state index contributed by atoms with van der Waals surface area (Å²) in [5.41, 5.74) is 1.54. The number of aromatic nitrogens is 2. The van der Waals surface area contributed by atoms with Crippen LogP contribution in [0.25, 0.3) is 11.0 Å². The molecule has 4 rings (SSSR count). The molecule has 1 aliphatic rings. The van der Waals surface area contributed by atoms with Gasteiger partial charge >= 0.3 is 0 Å². The molecule has 0 radical (unpaired) electrons. The fraction of sp³-hybridized carbons (Fsp3) is 0. The van der Waals surface area contributed by atoms with E-state index in [1.807, 2.05) is 12.1 Å². The summed E-state index contributed by atoms with van der Waals surface area (Å²) in [6, 6.07) is 12.4. The van der Waals surface area contributed by atoms with Gasteiger partial charge in [-0.1, -0.05) is 58.9 Å². The highest BCUT2D eigenvalue weighted by Gasteiger charge is 2.18. The molecule has 1 aliphatic heterocycles. The van der Waals surface area contributed by atoms with E-state index in [2.05, 4.69) is 34.2 Å². The van der Waals surface area contributed by atoms with Crippen LogP contribution in [-0.2, 0) is 0 Å². The maximum atomic E-state index is 5.93. The van der Waals surface area contributed by atoms with Gasteiger partial charge in [-0.25, -0.2) is 9.97 Å². The highest BCUT2D eigenvalue weighted by atomic mass is 35.5. The Kier molecular flexibility index (Phi) is 3.07. The molecule has 0 atom stereocenters. The molecule has 0 amide bonds. The van der Waals surface area contributed by atoms with Crippen LogP contribution in [0.5, 0.6) is 0 Å². The minimum atomic E-state index is 0.243. The number of nitrogens with zero attached hydrogens (tertiary/aromatic N) is 2. The molecule has 20 heavy (non-hydrogen) atoms. The minimum absolute atomic E-state index is 0.243. The first-order chi connectivity index (χ1) is 9.70. The van der Waals surface area contributed by atoms with Crippen LogP contribution in [-0.4, -0.2) is 9.97 Å². The van der Waals surface area contributed by atoms with Crippen molar-refractivity contribution in [2.75, 3.05) is 0 Å². The summed E-state index contributed by atoms with van der Waals surface area (Å²) in [6.45, 7) is 0. The molecule has 0 spiro atoms. The zero-order valence-corrected chi connectivity index (χ0v) is 13.1. The van der Waals surface area contributed by atoms with Crippen LogP contribution in [0.15, 0.2) is 56.0 Å². The van der Waals surface area contributed by atoms with Crippen LogP contribution in [0.4, 0.5) is 0 Å². The third kappa shape index (κ3) is 2.07. The third-order valence-electron chi connectivity index (χ3n) is 2.94. The normalized spacial score (nSPS) is 13.1. The topological polar surface area (TPSA) is 25.8 Å². The van der Waals surface area contributed by atoms with Crippen molar-refractivity contribution in [1.82, 2.24) is 9.97 Å². The first-order valence-corrected chi connectivity index (χ1v) is 8.21. The molecule has 0 unspecified atom stereocenters. The fourth-order valence-corrected chi connectivity index (χ4v) is 4.57. The van der Waals surface area contributed by atoms with Gasteiger partial charge in [-0.15, -0.1) is 0 Å². The highest BCUT2D eigenvalue weighted by Crippen LogP contribution is 2.49. The summed E-state index contributed by atoms with van der Waals surface area (Å²) in [7, 11) is 0. The smallest absolute Gasteiger partial charge is 0.167 e. The van der Waals surface area contributed by atoms with E-state index < -0.39 is 0 Å². The van der Waals surface area contributed by atoms with Crippen molar-refractivity contribution in [3.05, 3.63) is 46.7 Å². The van der Waals surface area contributed by atoms with Crippen LogP contribution in [0.3, 0.4) is 0 Å². The number of hydrogen-bond acceptors (Lipinski definition) is 4. The van der Waals surface area contributed by atoms with Crippen molar-refractivity contribution < 1.29 is 0 Å². The molecule has 0 saturated heterocycles. The van der Waals surface area contributed by atoms with Crippen LogP contribution in [0.2, 0.25) is 10.3 Å². The molecule has 2 heterocycles. The lowest BCUT2D eigenvalue weighted by Crippen LogP contribution is -1.93. The van der Waals surface area contributed by atoms with Crippen molar-refractivity contribution in [3.8, 4) is 0 Å². The number of benzene rings is 2. The van der Waals surface area contributed by atoms with E-state index in [0.717, 1.165) is 11.0 Å². The summed E-state index contributed by atoms with van der Waals surface area (Å²) in [6.07, 6.45) is 0. The van der Waals surface area contributed by atoms with Gasteiger partial charge in [-0.3, -0.25) is 0 Å². The fourth-order valence-electron chi connectivity index (χ4n) is 2.04. The molecule has 2 aromatic carbocycles. The molecule has 0 saturated carbocycles. The number of halogens is 2. The molecular weight excluding hydrogens is 331 g/mol. The largest absolute Gasteiger partial charge is 0.231 e. The third-order valence-corrected chi connectivity index (χ3v) is 6.09. The monoisotopic (exact) mass is 336 g/mol. The van der Waals surface area contributed by atoms with Crippen molar-refractivity contribution in [3.63, 3.8) is 0 Å². The maximum Gasteiger partial charge on any atom is 0.167 e. The Hall–Kier alpha value is -0.940. The SMILES string of the molecule is Clc1nc2cc3c(cc2nc1Cl)Sc1ccccc1S3. The standard InChI is InChI=1S/C14H6Cl2N2S2/c15-13-14(16)18-8-6-12-11(5-7(8)17-13)19-9-3-1-2-4-10(9)20-12/h1-6H. The molecular formula is C14H6Cl2N2S2. The number of fused-ring (bicyclic) bond motifs is 3. The van der Waals surface area contributed by atoms with Crippen LogP contribution in [0, 0.1) is 0 Å². The quantitative estimate of drug-likeness (QED) is 0.420. The summed E-state index contributed by atoms with van der Waals surface area (Å²) in [4.78, 5) is 13.4. The van der Waals surface area contributed by atoms with E-state index in [-0.39, 0.29) is 10.3 Å². The Balaban J connectivity index is 1.92. The second kappa shape index (κ2) is 4.81. The Morgan fingerprint density at radius 2 is 1.15 bits per heavy atom. The maximum absolute atomic E-state index is 5.93. The van der Waals surface area contributed by atoms with E-state index in [1.165, 1.54) is 19.6 Å². The summed E-state index contributed by atoms with van der Waals surface area (Å²) in [5, 5.41) is 0.487. The van der Waals surface area contributed by atoms with Gasteiger partial charge in [0, 0.05) is 19.6 Å². The molecule has 0 N–H and O–H groups in total. The van der Waals surface area contributed by atoms with Gasteiger partial charge < -0.3 is 0 Å². The van der Waals surface area contributed by atoms with Crippen molar-refractivity contribution in [1.29, 1.82) is 0 Å². The average Bonchev–Trinajstić information content (AvgIpc) is 2.44. The summed E-state index contributed by atoms with van der Waals surface area (Å²) < 4.78 is 0. The Bertz CT molecular complexity index is 782. The molecule has 2 nitrogen and oxygen atoms in total. The predicted octanol–water partition coefficient (Wildman–Crippen LogP) is 5.55. The first kappa shape index (κ1) is 12.8. The molecule has 0 fully saturated rings. The average molecular weight is 337 g/mol. The van der Waals surface area contributed by atoms with E-state index in [1.54, 1.807) is 23.5 Å². The molecule has 98 valence electrons. The lowest BCUT2D eigenvalue weighted by molar-refractivity contribution is 1.15. The minimum Gasteiger partial charge on any atom is -0.231 e. The second-order valence-corrected chi connectivity index (χ2v) is 7.13. The summed E-state index contributed by atoms with van der Waals surface area (Å²) >= 11 is 15.4. The second-order valence-electron chi connectivity index (χ2n) is 4.24. The molecule has 3 aromatic rings. The predicted molar refractivity (Wildman–Crippen MR) is 84.2 cm³/mol. The van der Waals surface area contributed by atoms with Crippen molar-refractivity contribution in [2.45, 2.75) is 19.6 Å². The van der Waals surface area contributed by atoms with Crippen LogP contribution < -0.4 is 0 Å². The lowest BCUT2D eigenvalue weighted by atomic mass is 10.3. The summed E-state index contributed by atoms with van der Waals surface area (Å²) in [5.74, 6) is 0. The zero-order chi connectivity index (χ0) is 13.7. The van der Waals surface area contributed by atoms with E-state index in [4.69, 9.17) is 23.2 Å². The Morgan fingerprint density at radius 3 is 1.60 bits per heavy atom. The Morgan fingerprint density at radius 1 is 0.700 bits per heavy atom. The lowest BCUT2D eigenvalue weighted by Gasteiger charge is -2.18. The van der Waals surface area contributed by atoms with Gasteiger partial charge in [0.05, 0.1) is 11.0 Å². The van der Waals surface area contributed by atoms with Gasteiger partial charge in [0.2, 0.25) is 0 Å². The van der Waals surface area contributed by atoms with E-state index in [0.29, 0.717) is 0 Å². The number of hydrogen-bond donors (Lipinski definition) is 0. The van der Waals surface area contributed by atoms with Gasteiger partial charge in [-0.05, 0) is 24.3 Å². The van der Waals surface area contributed by atoms with Crippen molar-refractivity contribution >= 4 is 57.8 Å². The van der Waals surface area contributed by atoms with Crippen molar-refractivity contribution in [2.24, 2.45) is 0 Å². The highest BCUT2D eigenvalue weighted by molar-refractivity contribution is 8.05. The van der Waals surface area contributed by atoms with Crippen LogP contribution in [0.1, 0.15) is 0 Å².